The second kappa shape index (κ2) is 8.42. The molecule has 27 heavy (non-hydrogen) atoms. The standard InChI is InChI=1S/C22H23ClN2O2/c1-15(22(26)24-20-13-19(23)10-11-21(20)27-3)25(2)14-16-8-9-17-6-4-5-7-18(17)12-16/h4-13,15H,14H2,1-3H3,(H,24,26)/t15-/m1/s1. The number of hydrogen-bond acceptors (Lipinski definition) is 3. The van der Waals surface area contributed by atoms with E-state index in [2.05, 4.69) is 35.6 Å². The number of carbonyl (C=O) groups excluding carboxylic acids is 1. The first-order valence-corrected chi connectivity index (χ1v) is 9.18. The summed E-state index contributed by atoms with van der Waals surface area (Å²) in [7, 11) is 3.50. The molecule has 0 fully saturated rings. The van der Waals surface area contributed by atoms with Gasteiger partial charge in [-0.15, -0.1) is 0 Å². The average Bonchev–Trinajstić information content (AvgIpc) is 2.67. The van der Waals surface area contributed by atoms with Crippen LogP contribution in [-0.2, 0) is 11.3 Å². The number of ether oxygens (including phenoxy) is 1. The highest BCUT2D eigenvalue weighted by molar-refractivity contribution is 6.31. The normalized spacial score (nSPS) is 12.2. The van der Waals surface area contributed by atoms with Crippen molar-refractivity contribution in [3.63, 3.8) is 0 Å². The molecular weight excluding hydrogens is 360 g/mol. The number of hydrogen-bond donors (Lipinski definition) is 1. The van der Waals surface area contributed by atoms with Crippen LogP contribution in [0.2, 0.25) is 5.02 Å². The zero-order valence-corrected chi connectivity index (χ0v) is 16.5. The van der Waals surface area contributed by atoms with Gasteiger partial charge in [-0.25, -0.2) is 0 Å². The van der Waals surface area contributed by atoms with Crippen molar-refractivity contribution in [2.24, 2.45) is 0 Å². The van der Waals surface area contributed by atoms with Gasteiger partial charge in [-0.1, -0.05) is 48.0 Å². The first kappa shape index (κ1) is 19.2. The number of methoxy groups -OCH3 is 1. The van der Waals surface area contributed by atoms with Crippen molar-refractivity contribution in [1.82, 2.24) is 4.90 Å². The first-order valence-electron chi connectivity index (χ1n) is 8.80. The first-order chi connectivity index (χ1) is 13.0. The predicted molar refractivity (Wildman–Crippen MR) is 112 cm³/mol. The summed E-state index contributed by atoms with van der Waals surface area (Å²) in [5.41, 5.74) is 1.73. The summed E-state index contributed by atoms with van der Waals surface area (Å²) in [4.78, 5) is 14.7. The lowest BCUT2D eigenvalue weighted by molar-refractivity contribution is -0.120. The third-order valence-corrected chi connectivity index (χ3v) is 4.94. The van der Waals surface area contributed by atoms with Gasteiger partial charge in [-0.05, 0) is 54.6 Å². The summed E-state index contributed by atoms with van der Waals surface area (Å²) in [5, 5.41) is 5.86. The van der Waals surface area contributed by atoms with E-state index in [0.717, 1.165) is 5.56 Å². The number of likely N-dealkylation sites (N-methyl/N-ethyl adjacent to an activating group) is 1. The molecule has 3 aromatic carbocycles. The van der Waals surface area contributed by atoms with Gasteiger partial charge in [0.05, 0.1) is 18.8 Å². The summed E-state index contributed by atoms with van der Waals surface area (Å²) >= 11 is 6.04. The molecule has 3 aromatic rings. The molecule has 0 spiro atoms. The van der Waals surface area contributed by atoms with Crippen molar-refractivity contribution in [3.8, 4) is 5.75 Å². The molecule has 1 atom stereocenters. The monoisotopic (exact) mass is 382 g/mol. The van der Waals surface area contributed by atoms with Gasteiger partial charge >= 0.3 is 0 Å². The summed E-state index contributed by atoms with van der Waals surface area (Å²) in [5.74, 6) is 0.469. The fourth-order valence-electron chi connectivity index (χ4n) is 2.98. The number of carbonyl (C=O) groups is 1. The van der Waals surface area contributed by atoms with Crippen molar-refractivity contribution in [3.05, 3.63) is 71.2 Å². The van der Waals surface area contributed by atoms with Gasteiger partial charge in [0.15, 0.2) is 0 Å². The lowest BCUT2D eigenvalue weighted by Gasteiger charge is -2.24. The molecule has 0 aliphatic heterocycles. The molecule has 140 valence electrons. The largest absolute Gasteiger partial charge is 0.495 e. The highest BCUT2D eigenvalue weighted by Gasteiger charge is 2.20. The molecule has 0 bridgehead atoms. The minimum Gasteiger partial charge on any atom is -0.495 e. The van der Waals surface area contributed by atoms with Crippen LogP contribution < -0.4 is 10.1 Å². The Morgan fingerprint density at radius 1 is 1.11 bits per heavy atom. The molecule has 1 amide bonds. The van der Waals surface area contributed by atoms with Crippen molar-refractivity contribution in [2.45, 2.75) is 19.5 Å². The number of anilines is 1. The van der Waals surface area contributed by atoms with Crippen LogP contribution >= 0.6 is 11.6 Å². The molecule has 0 saturated heterocycles. The number of halogens is 1. The van der Waals surface area contributed by atoms with Gasteiger partial charge in [-0.2, -0.15) is 0 Å². The van der Waals surface area contributed by atoms with Gasteiger partial charge in [-0.3, -0.25) is 9.69 Å². The second-order valence-electron chi connectivity index (χ2n) is 6.61. The van der Waals surface area contributed by atoms with Crippen molar-refractivity contribution >= 4 is 34.0 Å². The van der Waals surface area contributed by atoms with Crippen LogP contribution in [0.3, 0.4) is 0 Å². The molecular formula is C22H23ClN2O2. The van der Waals surface area contributed by atoms with Crippen molar-refractivity contribution in [1.29, 1.82) is 0 Å². The highest BCUT2D eigenvalue weighted by atomic mass is 35.5. The number of fused-ring (bicyclic) bond motifs is 1. The topological polar surface area (TPSA) is 41.6 Å². The van der Waals surface area contributed by atoms with E-state index in [-0.39, 0.29) is 11.9 Å². The fourth-order valence-corrected chi connectivity index (χ4v) is 3.15. The smallest absolute Gasteiger partial charge is 0.241 e. The zero-order chi connectivity index (χ0) is 19.4. The van der Waals surface area contributed by atoms with Crippen molar-refractivity contribution in [2.75, 3.05) is 19.5 Å². The Bertz CT molecular complexity index is 958. The van der Waals surface area contributed by atoms with Crippen LogP contribution in [0.1, 0.15) is 12.5 Å². The Labute approximate surface area is 164 Å². The molecule has 0 heterocycles. The Balaban J connectivity index is 1.69. The second-order valence-corrected chi connectivity index (χ2v) is 7.04. The molecule has 0 aliphatic rings. The van der Waals surface area contributed by atoms with E-state index >= 15 is 0 Å². The molecule has 0 saturated carbocycles. The Morgan fingerprint density at radius 2 is 1.85 bits per heavy atom. The van der Waals surface area contributed by atoms with Gasteiger partial charge in [0.25, 0.3) is 0 Å². The van der Waals surface area contributed by atoms with Gasteiger partial charge in [0.2, 0.25) is 5.91 Å². The van der Waals surface area contributed by atoms with Crippen LogP contribution in [0.4, 0.5) is 5.69 Å². The van der Waals surface area contributed by atoms with Crippen LogP contribution in [0, 0.1) is 0 Å². The maximum atomic E-state index is 12.7. The van der Waals surface area contributed by atoms with Crippen LogP contribution in [0.5, 0.6) is 5.75 Å². The SMILES string of the molecule is COc1ccc(Cl)cc1NC(=O)[C@@H](C)N(C)Cc1ccc2ccccc2c1. The quantitative estimate of drug-likeness (QED) is 0.655. The average molecular weight is 383 g/mol. The van der Waals surface area contributed by atoms with Crippen LogP contribution in [0.15, 0.2) is 60.7 Å². The molecule has 4 nitrogen and oxygen atoms in total. The number of nitrogens with zero attached hydrogens (tertiary/aromatic N) is 1. The Kier molecular flexibility index (Phi) is 5.99. The van der Waals surface area contributed by atoms with E-state index in [0.29, 0.717) is 23.0 Å². The number of nitrogens with one attached hydrogen (secondary N) is 1. The van der Waals surface area contributed by atoms with E-state index in [1.165, 1.54) is 10.8 Å². The number of rotatable bonds is 6. The third kappa shape index (κ3) is 4.59. The summed E-state index contributed by atoms with van der Waals surface area (Å²) in [6.07, 6.45) is 0. The molecule has 0 aliphatic carbocycles. The fraction of sp³-hybridized carbons (Fsp3) is 0.227. The van der Waals surface area contributed by atoms with Gasteiger partial charge in [0.1, 0.15) is 5.75 Å². The lowest BCUT2D eigenvalue weighted by atomic mass is 10.1. The molecule has 0 unspecified atom stereocenters. The molecule has 3 rings (SSSR count). The van der Waals surface area contributed by atoms with E-state index in [1.807, 2.05) is 31.0 Å². The maximum Gasteiger partial charge on any atom is 0.241 e. The molecule has 0 radical (unpaired) electrons. The number of benzene rings is 3. The predicted octanol–water partition coefficient (Wildman–Crippen LogP) is 4.96. The summed E-state index contributed by atoms with van der Waals surface area (Å²) in [6.45, 7) is 2.56. The summed E-state index contributed by atoms with van der Waals surface area (Å²) < 4.78 is 5.29. The minimum absolute atomic E-state index is 0.112. The van der Waals surface area contributed by atoms with Gasteiger partial charge in [0, 0.05) is 11.6 Å². The highest BCUT2D eigenvalue weighted by Crippen LogP contribution is 2.28. The third-order valence-electron chi connectivity index (χ3n) is 4.71. The number of amides is 1. The molecule has 1 N–H and O–H groups in total. The maximum absolute atomic E-state index is 12.7. The van der Waals surface area contributed by atoms with E-state index < -0.39 is 0 Å². The van der Waals surface area contributed by atoms with E-state index in [4.69, 9.17) is 16.3 Å². The lowest BCUT2D eigenvalue weighted by Crippen LogP contribution is -2.39. The van der Waals surface area contributed by atoms with Crippen molar-refractivity contribution < 1.29 is 9.53 Å². The minimum atomic E-state index is -0.319. The summed E-state index contributed by atoms with van der Waals surface area (Å²) in [6, 6.07) is 19.5. The van der Waals surface area contributed by atoms with Crippen LogP contribution in [-0.4, -0.2) is 31.0 Å². The molecule has 5 heteroatoms. The van der Waals surface area contributed by atoms with E-state index in [1.54, 1.807) is 25.3 Å². The van der Waals surface area contributed by atoms with Crippen LogP contribution in [0.25, 0.3) is 10.8 Å². The van der Waals surface area contributed by atoms with Gasteiger partial charge < -0.3 is 10.1 Å². The Morgan fingerprint density at radius 3 is 2.59 bits per heavy atom. The van der Waals surface area contributed by atoms with E-state index in [9.17, 15) is 4.79 Å². The molecule has 0 aromatic heterocycles. The zero-order valence-electron chi connectivity index (χ0n) is 15.7. The Hall–Kier alpha value is -2.56.